The number of hydrogen-bond acceptors (Lipinski definition) is 4. The number of sulfone groups is 1. The summed E-state index contributed by atoms with van der Waals surface area (Å²) in [6.07, 6.45) is 3.15. The van der Waals surface area contributed by atoms with Crippen LogP contribution in [0.4, 0.5) is 0 Å². The molecule has 0 saturated carbocycles. The molecule has 0 aliphatic carbocycles. The van der Waals surface area contributed by atoms with Crippen LogP contribution in [0.3, 0.4) is 0 Å². The van der Waals surface area contributed by atoms with Crippen LogP contribution < -0.4 is 5.32 Å². The molecule has 1 N–H and O–H groups in total. The van der Waals surface area contributed by atoms with E-state index in [2.05, 4.69) is 17.1 Å². The SMILES string of the molecule is CCNC(=NCC1CCS(=O)(=O)C1)N1CCC(C2CCOC2)C1.I. The zero-order valence-electron chi connectivity index (χ0n) is 14.4. The third kappa shape index (κ3) is 5.20. The topological polar surface area (TPSA) is 71.0 Å². The van der Waals surface area contributed by atoms with Crippen LogP contribution in [0.15, 0.2) is 4.99 Å². The standard InChI is InChI=1S/C16H29N3O3S.HI/c1-2-17-16(18-9-13-5-8-23(20,21)12-13)19-6-3-14(10-19)15-4-7-22-11-15;/h13-15H,2-12H2,1H3,(H,17,18);1H. The summed E-state index contributed by atoms with van der Waals surface area (Å²) >= 11 is 0. The lowest BCUT2D eigenvalue weighted by Gasteiger charge is -2.23. The van der Waals surface area contributed by atoms with Crippen LogP contribution in [-0.2, 0) is 14.6 Å². The van der Waals surface area contributed by atoms with Crippen LogP contribution in [0.2, 0.25) is 0 Å². The molecule has 3 aliphatic heterocycles. The molecule has 3 rings (SSSR count). The summed E-state index contributed by atoms with van der Waals surface area (Å²) in [6.45, 7) is 7.44. The summed E-state index contributed by atoms with van der Waals surface area (Å²) in [5, 5.41) is 3.38. The summed E-state index contributed by atoms with van der Waals surface area (Å²) in [5.41, 5.74) is 0. The van der Waals surface area contributed by atoms with Crippen molar-refractivity contribution in [1.82, 2.24) is 10.2 Å². The van der Waals surface area contributed by atoms with E-state index in [0.717, 1.165) is 45.2 Å². The van der Waals surface area contributed by atoms with Crippen molar-refractivity contribution in [2.45, 2.75) is 26.2 Å². The van der Waals surface area contributed by atoms with Crippen molar-refractivity contribution >= 4 is 39.8 Å². The second kappa shape index (κ2) is 9.02. The average Bonchev–Trinajstić information content (AvgIpc) is 3.23. The summed E-state index contributed by atoms with van der Waals surface area (Å²) in [5.74, 6) is 3.18. The van der Waals surface area contributed by atoms with Crippen molar-refractivity contribution < 1.29 is 13.2 Å². The molecular formula is C16H30IN3O3S. The van der Waals surface area contributed by atoms with E-state index in [0.29, 0.717) is 29.9 Å². The number of nitrogens with one attached hydrogen (secondary N) is 1. The first-order valence-corrected chi connectivity index (χ1v) is 10.7. The van der Waals surface area contributed by atoms with Gasteiger partial charge in [0.05, 0.1) is 11.5 Å². The highest BCUT2D eigenvalue weighted by Gasteiger charge is 2.33. The third-order valence-corrected chi connectivity index (χ3v) is 7.15. The molecular weight excluding hydrogens is 441 g/mol. The maximum absolute atomic E-state index is 11.6. The summed E-state index contributed by atoms with van der Waals surface area (Å²) in [4.78, 5) is 7.08. The van der Waals surface area contributed by atoms with E-state index in [1.54, 1.807) is 0 Å². The minimum Gasteiger partial charge on any atom is -0.381 e. The molecule has 3 atom stereocenters. The maximum atomic E-state index is 11.6. The van der Waals surface area contributed by atoms with Gasteiger partial charge in [-0.25, -0.2) is 8.42 Å². The Bertz CT molecular complexity index is 535. The van der Waals surface area contributed by atoms with Gasteiger partial charge in [0.1, 0.15) is 0 Å². The average molecular weight is 471 g/mol. The molecule has 0 amide bonds. The summed E-state index contributed by atoms with van der Waals surface area (Å²) < 4.78 is 28.7. The molecule has 140 valence electrons. The van der Waals surface area contributed by atoms with E-state index in [4.69, 9.17) is 9.73 Å². The Morgan fingerprint density at radius 1 is 1.29 bits per heavy atom. The first-order chi connectivity index (χ1) is 11.1. The van der Waals surface area contributed by atoms with Crippen molar-refractivity contribution in [1.29, 1.82) is 0 Å². The molecule has 3 fully saturated rings. The lowest BCUT2D eigenvalue weighted by molar-refractivity contribution is 0.173. The number of nitrogens with zero attached hydrogens (tertiary/aromatic N) is 2. The molecule has 3 aliphatic rings. The van der Waals surface area contributed by atoms with Crippen LogP contribution in [0.1, 0.15) is 26.2 Å². The zero-order valence-corrected chi connectivity index (χ0v) is 17.6. The van der Waals surface area contributed by atoms with Gasteiger partial charge in [0.15, 0.2) is 15.8 Å². The van der Waals surface area contributed by atoms with Gasteiger partial charge in [-0.05, 0) is 43.9 Å². The van der Waals surface area contributed by atoms with E-state index in [1.165, 1.54) is 12.8 Å². The predicted octanol–water partition coefficient (Wildman–Crippen LogP) is 1.36. The first-order valence-electron chi connectivity index (χ1n) is 8.89. The Morgan fingerprint density at radius 3 is 2.75 bits per heavy atom. The van der Waals surface area contributed by atoms with Gasteiger partial charge in [-0.15, -0.1) is 24.0 Å². The third-order valence-electron chi connectivity index (χ3n) is 5.32. The molecule has 0 aromatic rings. The van der Waals surface area contributed by atoms with Crippen LogP contribution >= 0.6 is 24.0 Å². The molecule has 3 saturated heterocycles. The Kier molecular flexibility index (Phi) is 7.60. The fourth-order valence-electron chi connectivity index (χ4n) is 3.95. The van der Waals surface area contributed by atoms with E-state index in [-0.39, 0.29) is 29.9 Å². The lowest BCUT2D eigenvalue weighted by atomic mass is 9.91. The Balaban J connectivity index is 0.00000208. The van der Waals surface area contributed by atoms with E-state index in [9.17, 15) is 8.42 Å². The Labute approximate surface area is 162 Å². The number of likely N-dealkylation sites (tertiary alicyclic amines) is 1. The number of guanidine groups is 1. The molecule has 0 aromatic carbocycles. The number of hydrogen-bond donors (Lipinski definition) is 1. The monoisotopic (exact) mass is 471 g/mol. The van der Waals surface area contributed by atoms with Crippen LogP contribution in [0.5, 0.6) is 0 Å². The molecule has 3 heterocycles. The van der Waals surface area contributed by atoms with Gasteiger partial charge < -0.3 is 15.0 Å². The van der Waals surface area contributed by atoms with Gasteiger partial charge in [0, 0.05) is 39.4 Å². The number of rotatable bonds is 4. The molecule has 24 heavy (non-hydrogen) atoms. The molecule has 0 aromatic heterocycles. The molecule has 3 unspecified atom stereocenters. The molecule has 6 nitrogen and oxygen atoms in total. The Hall–Kier alpha value is -0.0900. The van der Waals surface area contributed by atoms with Crippen molar-refractivity contribution in [3.8, 4) is 0 Å². The van der Waals surface area contributed by atoms with Crippen molar-refractivity contribution in [3.05, 3.63) is 0 Å². The molecule has 0 bridgehead atoms. The summed E-state index contributed by atoms with van der Waals surface area (Å²) in [7, 11) is -2.81. The van der Waals surface area contributed by atoms with Crippen LogP contribution in [0.25, 0.3) is 0 Å². The maximum Gasteiger partial charge on any atom is 0.193 e. The minimum absolute atomic E-state index is 0. The predicted molar refractivity (Wildman–Crippen MR) is 107 cm³/mol. The van der Waals surface area contributed by atoms with Crippen LogP contribution in [0, 0.1) is 17.8 Å². The Morgan fingerprint density at radius 2 is 2.12 bits per heavy atom. The van der Waals surface area contributed by atoms with Gasteiger partial charge in [-0.2, -0.15) is 0 Å². The number of ether oxygens (including phenoxy) is 1. The van der Waals surface area contributed by atoms with Crippen molar-refractivity contribution in [3.63, 3.8) is 0 Å². The highest BCUT2D eigenvalue weighted by Crippen LogP contribution is 2.30. The normalized spacial score (nSPS) is 32.8. The van der Waals surface area contributed by atoms with Gasteiger partial charge in [0.2, 0.25) is 0 Å². The first kappa shape index (κ1) is 20.2. The lowest BCUT2D eigenvalue weighted by Crippen LogP contribution is -2.40. The highest BCUT2D eigenvalue weighted by atomic mass is 127. The van der Waals surface area contributed by atoms with E-state index < -0.39 is 9.84 Å². The quantitative estimate of drug-likeness (QED) is 0.381. The van der Waals surface area contributed by atoms with Gasteiger partial charge >= 0.3 is 0 Å². The van der Waals surface area contributed by atoms with Crippen LogP contribution in [-0.4, -0.2) is 70.2 Å². The van der Waals surface area contributed by atoms with Gasteiger partial charge in [-0.1, -0.05) is 0 Å². The van der Waals surface area contributed by atoms with E-state index >= 15 is 0 Å². The van der Waals surface area contributed by atoms with Crippen molar-refractivity contribution in [2.24, 2.45) is 22.7 Å². The van der Waals surface area contributed by atoms with Gasteiger partial charge in [-0.3, -0.25) is 4.99 Å². The fraction of sp³-hybridized carbons (Fsp3) is 0.938. The second-order valence-corrected chi connectivity index (χ2v) is 9.31. The largest absolute Gasteiger partial charge is 0.381 e. The van der Waals surface area contributed by atoms with E-state index in [1.807, 2.05) is 0 Å². The molecule has 8 heteroatoms. The molecule has 0 radical (unpaired) electrons. The number of aliphatic imine (C=N–C) groups is 1. The second-order valence-electron chi connectivity index (χ2n) is 7.08. The smallest absolute Gasteiger partial charge is 0.193 e. The minimum atomic E-state index is -2.81. The van der Waals surface area contributed by atoms with Gasteiger partial charge in [0.25, 0.3) is 0 Å². The fourth-order valence-corrected chi connectivity index (χ4v) is 5.80. The van der Waals surface area contributed by atoms with Crippen molar-refractivity contribution in [2.75, 3.05) is 50.9 Å². The summed E-state index contributed by atoms with van der Waals surface area (Å²) in [6, 6.07) is 0. The zero-order chi connectivity index (χ0) is 16.3. The highest BCUT2D eigenvalue weighted by molar-refractivity contribution is 14.0. The molecule has 0 spiro atoms. The number of halogens is 1.